The summed E-state index contributed by atoms with van der Waals surface area (Å²) in [5, 5.41) is 3.02. The summed E-state index contributed by atoms with van der Waals surface area (Å²) in [6.45, 7) is 8.62. The summed E-state index contributed by atoms with van der Waals surface area (Å²) in [6.07, 6.45) is 5.15. The van der Waals surface area contributed by atoms with Crippen LogP contribution in [0.5, 0.6) is 0 Å². The number of amides is 2. The highest BCUT2D eigenvalue weighted by atomic mass is 16.5. The highest BCUT2D eigenvalue weighted by Gasteiger charge is 2.39. The van der Waals surface area contributed by atoms with Gasteiger partial charge in [-0.25, -0.2) is 9.78 Å². The lowest BCUT2D eigenvalue weighted by Gasteiger charge is -2.29. The van der Waals surface area contributed by atoms with E-state index in [0.29, 0.717) is 17.9 Å². The van der Waals surface area contributed by atoms with Crippen molar-refractivity contribution < 1.29 is 9.53 Å². The molecule has 2 amide bonds. The zero-order chi connectivity index (χ0) is 17.9. The van der Waals surface area contributed by atoms with Gasteiger partial charge >= 0.3 is 6.03 Å². The Labute approximate surface area is 155 Å². The molecule has 0 radical (unpaired) electrons. The molecule has 1 aromatic rings. The van der Waals surface area contributed by atoms with Gasteiger partial charge in [0.2, 0.25) is 0 Å². The zero-order valence-electron chi connectivity index (χ0n) is 15.6. The molecule has 142 valence electrons. The zero-order valence-corrected chi connectivity index (χ0v) is 15.6. The van der Waals surface area contributed by atoms with Crippen molar-refractivity contribution in [1.29, 1.82) is 0 Å². The molecule has 26 heavy (non-hydrogen) atoms. The first-order valence-electron chi connectivity index (χ1n) is 9.85. The number of carbonyl (C=O) groups is 1. The van der Waals surface area contributed by atoms with Gasteiger partial charge in [0.15, 0.2) is 0 Å². The van der Waals surface area contributed by atoms with E-state index in [2.05, 4.69) is 31.9 Å². The Bertz CT molecular complexity index is 617. The fraction of sp³-hybridized carbons (Fsp3) is 0.684. The van der Waals surface area contributed by atoms with E-state index in [4.69, 9.17) is 4.74 Å². The van der Waals surface area contributed by atoms with Gasteiger partial charge in [-0.05, 0) is 37.9 Å². The molecule has 3 saturated heterocycles. The molecule has 0 spiro atoms. The average molecular weight is 359 g/mol. The lowest BCUT2D eigenvalue weighted by molar-refractivity contribution is 0.122. The van der Waals surface area contributed by atoms with Gasteiger partial charge < -0.3 is 19.4 Å². The van der Waals surface area contributed by atoms with Gasteiger partial charge in [0.25, 0.3) is 0 Å². The van der Waals surface area contributed by atoms with Crippen LogP contribution >= 0.6 is 0 Å². The number of ether oxygens (including phenoxy) is 1. The molecule has 2 bridgehead atoms. The number of aromatic nitrogens is 1. The fourth-order valence-electron chi connectivity index (χ4n) is 4.41. The normalized spacial score (nSPS) is 26.7. The Hall–Kier alpha value is -1.86. The Morgan fingerprint density at radius 3 is 2.73 bits per heavy atom. The molecule has 2 atom stereocenters. The van der Waals surface area contributed by atoms with Crippen LogP contribution in [0.1, 0.15) is 26.2 Å². The molecule has 7 nitrogen and oxygen atoms in total. The molecule has 1 N–H and O–H groups in total. The van der Waals surface area contributed by atoms with E-state index < -0.39 is 0 Å². The minimum absolute atomic E-state index is 0.00192. The van der Waals surface area contributed by atoms with Crippen LogP contribution in [0, 0.1) is 0 Å². The van der Waals surface area contributed by atoms with Crippen LogP contribution in [0.4, 0.5) is 16.3 Å². The number of anilines is 2. The van der Waals surface area contributed by atoms with Gasteiger partial charge in [-0.15, -0.1) is 0 Å². The summed E-state index contributed by atoms with van der Waals surface area (Å²) in [5.74, 6) is 0.628. The van der Waals surface area contributed by atoms with E-state index in [0.717, 1.165) is 70.9 Å². The van der Waals surface area contributed by atoms with Gasteiger partial charge in [0, 0.05) is 38.3 Å². The molecule has 0 saturated carbocycles. The number of pyridine rings is 1. The number of carbonyl (C=O) groups excluding carboxylic acids is 1. The maximum atomic E-state index is 12.9. The van der Waals surface area contributed by atoms with Crippen molar-refractivity contribution in [2.24, 2.45) is 0 Å². The third kappa shape index (κ3) is 3.64. The molecular weight excluding hydrogens is 330 g/mol. The first-order chi connectivity index (χ1) is 12.7. The predicted molar refractivity (Wildman–Crippen MR) is 102 cm³/mol. The second-order valence-corrected chi connectivity index (χ2v) is 7.41. The van der Waals surface area contributed by atoms with Gasteiger partial charge in [0.1, 0.15) is 5.82 Å². The number of likely N-dealkylation sites (N-methyl/N-ethyl adjacent to an activating group) is 1. The first-order valence-corrected chi connectivity index (χ1v) is 9.85. The van der Waals surface area contributed by atoms with E-state index >= 15 is 0 Å². The number of rotatable bonds is 3. The van der Waals surface area contributed by atoms with E-state index in [9.17, 15) is 4.79 Å². The van der Waals surface area contributed by atoms with Crippen molar-refractivity contribution in [2.45, 2.75) is 38.3 Å². The lowest BCUT2D eigenvalue weighted by atomic mass is 10.1. The van der Waals surface area contributed by atoms with Crippen LogP contribution in [0.3, 0.4) is 0 Å². The van der Waals surface area contributed by atoms with E-state index in [1.807, 2.05) is 18.3 Å². The van der Waals surface area contributed by atoms with Crippen molar-refractivity contribution in [3.8, 4) is 0 Å². The largest absolute Gasteiger partial charge is 0.378 e. The summed E-state index contributed by atoms with van der Waals surface area (Å²) in [4.78, 5) is 24.1. The van der Waals surface area contributed by atoms with Crippen LogP contribution in [0.15, 0.2) is 18.3 Å². The standard InChI is InChI=1S/C19H29N5O2/c1-2-22-8-7-15-3-4-17(14-22)24(15)19(25)21-18-6-5-16(13-20-18)23-9-11-26-12-10-23/h5-6,13,15,17H,2-4,7-12,14H2,1H3,(H,20,21,25). The first kappa shape index (κ1) is 17.5. The molecular formula is C19H29N5O2. The highest BCUT2D eigenvalue weighted by Crippen LogP contribution is 2.30. The minimum Gasteiger partial charge on any atom is -0.378 e. The van der Waals surface area contributed by atoms with Gasteiger partial charge in [-0.3, -0.25) is 5.32 Å². The number of hydrogen-bond donors (Lipinski definition) is 1. The summed E-state index contributed by atoms with van der Waals surface area (Å²) in [5.41, 5.74) is 1.08. The van der Waals surface area contributed by atoms with E-state index in [1.54, 1.807) is 0 Å². The van der Waals surface area contributed by atoms with Gasteiger partial charge in [-0.1, -0.05) is 6.92 Å². The second-order valence-electron chi connectivity index (χ2n) is 7.41. The Morgan fingerprint density at radius 2 is 2.00 bits per heavy atom. The molecule has 3 aliphatic heterocycles. The smallest absolute Gasteiger partial charge is 0.323 e. The summed E-state index contributed by atoms with van der Waals surface area (Å²) < 4.78 is 5.39. The molecule has 1 aromatic heterocycles. The van der Waals surface area contributed by atoms with E-state index in [-0.39, 0.29) is 6.03 Å². The highest BCUT2D eigenvalue weighted by molar-refractivity contribution is 5.89. The van der Waals surface area contributed by atoms with E-state index in [1.165, 1.54) is 0 Å². The van der Waals surface area contributed by atoms with Crippen molar-refractivity contribution in [3.05, 3.63) is 18.3 Å². The van der Waals surface area contributed by atoms with Crippen LogP contribution in [-0.4, -0.2) is 78.8 Å². The van der Waals surface area contributed by atoms with Gasteiger partial charge in [-0.2, -0.15) is 0 Å². The maximum absolute atomic E-state index is 12.9. The second kappa shape index (κ2) is 7.80. The molecule has 0 aliphatic carbocycles. The number of likely N-dealkylation sites (tertiary alicyclic amines) is 1. The summed E-state index contributed by atoms with van der Waals surface area (Å²) in [7, 11) is 0. The van der Waals surface area contributed by atoms with Crippen LogP contribution < -0.4 is 10.2 Å². The number of nitrogens with zero attached hydrogens (tertiary/aromatic N) is 4. The Balaban J connectivity index is 1.40. The number of morpholine rings is 1. The SMILES string of the molecule is CCN1CCC2CCC(C1)N2C(=O)Nc1ccc(N2CCOCC2)cn1. The van der Waals surface area contributed by atoms with Crippen molar-refractivity contribution >= 4 is 17.5 Å². The Kier molecular flexibility index (Phi) is 5.26. The third-order valence-corrected chi connectivity index (χ3v) is 5.91. The molecule has 2 unspecified atom stereocenters. The molecule has 0 aromatic carbocycles. The lowest BCUT2D eigenvalue weighted by Crippen LogP contribution is -2.45. The van der Waals surface area contributed by atoms with Crippen molar-refractivity contribution in [1.82, 2.24) is 14.8 Å². The average Bonchev–Trinajstić information content (AvgIpc) is 2.97. The minimum atomic E-state index is 0.00192. The quantitative estimate of drug-likeness (QED) is 0.895. The maximum Gasteiger partial charge on any atom is 0.323 e. The van der Waals surface area contributed by atoms with Gasteiger partial charge in [0.05, 0.1) is 25.1 Å². The number of fused-ring (bicyclic) bond motifs is 2. The molecule has 4 rings (SSSR count). The molecule has 4 heterocycles. The summed E-state index contributed by atoms with van der Waals surface area (Å²) >= 11 is 0. The topological polar surface area (TPSA) is 60.9 Å². The summed E-state index contributed by atoms with van der Waals surface area (Å²) in [6, 6.07) is 4.63. The monoisotopic (exact) mass is 359 g/mol. The fourth-order valence-corrected chi connectivity index (χ4v) is 4.41. The van der Waals surface area contributed by atoms with Crippen LogP contribution in [0.2, 0.25) is 0 Å². The number of urea groups is 1. The molecule has 3 fully saturated rings. The Morgan fingerprint density at radius 1 is 1.19 bits per heavy atom. The third-order valence-electron chi connectivity index (χ3n) is 5.91. The van der Waals surface area contributed by atoms with Crippen LogP contribution in [-0.2, 0) is 4.74 Å². The van der Waals surface area contributed by atoms with Crippen molar-refractivity contribution in [2.75, 3.05) is 56.2 Å². The van der Waals surface area contributed by atoms with Crippen LogP contribution in [0.25, 0.3) is 0 Å². The molecule has 7 heteroatoms. The number of hydrogen-bond acceptors (Lipinski definition) is 5. The predicted octanol–water partition coefficient (Wildman–Crippen LogP) is 2.01. The van der Waals surface area contributed by atoms with Crippen molar-refractivity contribution in [3.63, 3.8) is 0 Å². The molecule has 3 aliphatic rings. The number of nitrogens with one attached hydrogen (secondary N) is 1.